The Morgan fingerprint density at radius 2 is 2.00 bits per heavy atom. The second kappa shape index (κ2) is 6.38. The van der Waals surface area contributed by atoms with Crippen molar-refractivity contribution in [3.63, 3.8) is 0 Å². The highest BCUT2D eigenvalue weighted by Gasteiger charge is 2.27. The summed E-state index contributed by atoms with van der Waals surface area (Å²) in [4.78, 5) is 0. The Morgan fingerprint density at radius 1 is 1.32 bits per heavy atom. The van der Waals surface area contributed by atoms with Crippen LogP contribution in [0.2, 0.25) is 0 Å². The van der Waals surface area contributed by atoms with Gasteiger partial charge in [-0.3, -0.25) is 0 Å². The number of aliphatic hydroxyl groups is 1. The molecule has 1 aromatic rings. The minimum atomic E-state index is -0.507. The summed E-state index contributed by atoms with van der Waals surface area (Å²) in [5, 5.41) is 10.4. The monoisotopic (exact) mass is 266 g/mol. The van der Waals surface area contributed by atoms with Crippen LogP contribution in [0.5, 0.6) is 5.75 Å². The van der Waals surface area contributed by atoms with Crippen LogP contribution in [-0.4, -0.2) is 12.2 Å². The average Bonchev–Trinajstić information content (AvgIpc) is 2.47. The molecule has 0 spiro atoms. The van der Waals surface area contributed by atoms with E-state index in [9.17, 15) is 9.50 Å². The normalized spacial score (nSPS) is 25.1. The maximum Gasteiger partial charge on any atom is 0.165 e. The third-order valence-corrected chi connectivity index (χ3v) is 4.43. The van der Waals surface area contributed by atoms with E-state index in [2.05, 4.69) is 6.92 Å². The SMILES string of the molecule is CCC1CCC(C(O)c2ccc(F)c(OC)c2)CC1. The average molecular weight is 266 g/mol. The zero-order chi connectivity index (χ0) is 13.8. The Bertz CT molecular complexity index is 411. The molecular weight excluding hydrogens is 243 g/mol. The molecule has 1 aromatic carbocycles. The van der Waals surface area contributed by atoms with Crippen LogP contribution in [0.4, 0.5) is 4.39 Å². The highest BCUT2D eigenvalue weighted by atomic mass is 19.1. The van der Waals surface area contributed by atoms with Crippen molar-refractivity contribution in [3.05, 3.63) is 29.6 Å². The Balaban J connectivity index is 2.05. The number of rotatable bonds is 4. The number of methoxy groups -OCH3 is 1. The van der Waals surface area contributed by atoms with Crippen molar-refractivity contribution in [1.29, 1.82) is 0 Å². The van der Waals surface area contributed by atoms with Gasteiger partial charge < -0.3 is 9.84 Å². The van der Waals surface area contributed by atoms with Crippen molar-refractivity contribution in [2.45, 2.75) is 45.1 Å². The molecule has 1 fully saturated rings. The molecule has 19 heavy (non-hydrogen) atoms. The number of hydrogen-bond acceptors (Lipinski definition) is 2. The summed E-state index contributed by atoms with van der Waals surface area (Å²) in [6.07, 6.45) is 5.21. The van der Waals surface area contributed by atoms with E-state index in [1.165, 1.54) is 32.4 Å². The van der Waals surface area contributed by atoms with Crippen molar-refractivity contribution in [3.8, 4) is 5.75 Å². The smallest absolute Gasteiger partial charge is 0.165 e. The van der Waals surface area contributed by atoms with E-state index < -0.39 is 6.10 Å². The van der Waals surface area contributed by atoms with Gasteiger partial charge in [-0.05, 0) is 42.4 Å². The van der Waals surface area contributed by atoms with Gasteiger partial charge in [0.2, 0.25) is 0 Å². The van der Waals surface area contributed by atoms with Crippen LogP contribution in [0.15, 0.2) is 18.2 Å². The lowest BCUT2D eigenvalue weighted by Crippen LogP contribution is -2.20. The van der Waals surface area contributed by atoms with Gasteiger partial charge in [-0.1, -0.05) is 32.3 Å². The van der Waals surface area contributed by atoms with Crippen LogP contribution in [0, 0.1) is 17.7 Å². The molecule has 1 N–H and O–H groups in total. The largest absolute Gasteiger partial charge is 0.494 e. The van der Waals surface area contributed by atoms with Gasteiger partial charge in [-0.2, -0.15) is 0 Å². The molecule has 1 aliphatic carbocycles. The molecule has 106 valence electrons. The number of aliphatic hydroxyl groups excluding tert-OH is 1. The van der Waals surface area contributed by atoms with E-state index in [1.807, 2.05) is 0 Å². The maximum atomic E-state index is 13.4. The highest BCUT2D eigenvalue weighted by Crippen LogP contribution is 2.38. The molecule has 0 aromatic heterocycles. The highest BCUT2D eigenvalue weighted by molar-refractivity contribution is 5.31. The predicted octanol–water partition coefficient (Wildman–Crippen LogP) is 4.08. The third kappa shape index (κ3) is 3.27. The van der Waals surface area contributed by atoms with Gasteiger partial charge in [0.15, 0.2) is 11.6 Å². The van der Waals surface area contributed by atoms with E-state index in [0.717, 1.165) is 24.3 Å². The fourth-order valence-corrected chi connectivity index (χ4v) is 3.04. The number of hydrogen-bond donors (Lipinski definition) is 1. The molecule has 0 saturated heterocycles. The zero-order valence-corrected chi connectivity index (χ0v) is 11.7. The first-order valence-electron chi connectivity index (χ1n) is 7.17. The summed E-state index contributed by atoms with van der Waals surface area (Å²) < 4.78 is 18.3. The van der Waals surface area contributed by atoms with Crippen LogP contribution < -0.4 is 4.74 Å². The molecule has 1 atom stereocenters. The Labute approximate surface area is 114 Å². The molecule has 0 amide bonds. The summed E-state index contributed by atoms with van der Waals surface area (Å²) in [5.74, 6) is 0.927. The summed E-state index contributed by atoms with van der Waals surface area (Å²) in [7, 11) is 1.45. The number of benzene rings is 1. The second-order valence-corrected chi connectivity index (χ2v) is 5.53. The third-order valence-electron chi connectivity index (χ3n) is 4.43. The second-order valence-electron chi connectivity index (χ2n) is 5.53. The summed E-state index contributed by atoms with van der Waals surface area (Å²) in [6.45, 7) is 2.23. The van der Waals surface area contributed by atoms with Crippen LogP contribution in [0.1, 0.15) is 50.7 Å². The first kappa shape index (κ1) is 14.3. The van der Waals surface area contributed by atoms with Crippen LogP contribution in [-0.2, 0) is 0 Å². The Kier molecular flexibility index (Phi) is 4.81. The predicted molar refractivity (Wildman–Crippen MR) is 73.7 cm³/mol. The van der Waals surface area contributed by atoms with Gasteiger partial charge in [0, 0.05) is 0 Å². The van der Waals surface area contributed by atoms with Gasteiger partial charge in [0.1, 0.15) is 0 Å². The standard InChI is InChI=1S/C16H23FO2/c1-3-11-4-6-12(7-5-11)16(18)13-8-9-14(17)15(10-13)19-2/h8-12,16,18H,3-7H2,1-2H3. The molecule has 1 aliphatic rings. The molecule has 0 radical (unpaired) electrons. The van der Waals surface area contributed by atoms with Crippen molar-refractivity contribution < 1.29 is 14.2 Å². The minimum Gasteiger partial charge on any atom is -0.494 e. The number of halogens is 1. The van der Waals surface area contributed by atoms with E-state index in [4.69, 9.17) is 4.74 Å². The summed E-state index contributed by atoms with van der Waals surface area (Å²) in [6, 6.07) is 4.65. The molecule has 0 heterocycles. The van der Waals surface area contributed by atoms with E-state index in [1.54, 1.807) is 12.1 Å². The summed E-state index contributed by atoms with van der Waals surface area (Å²) in [5.41, 5.74) is 0.762. The van der Waals surface area contributed by atoms with E-state index in [-0.39, 0.29) is 17.5 Å². The minimum absolute atomic E-state index is 0.207. The topological polar surface area (TPSA) is 29.5 Å². The van der Waals surface area contributed by atoms with Crippen LogP contribution in [0.25, 0.3) is 0 Å². The summed E-state index contributed by atoms with van der Waals surface area (Å²) >= 11 is 0. The zero-order valence-electron chi connectivity index (χ0n) is 11.7. The van der Waals surface area contributed by atoms with Gasteiger partial charge >= 0.3 is 0 Å². The molecule has 3 heteroatoms. The first-order valence-corrected chi connectivity index (χ1v) is 7.17. The van der Waals surface area contributed by atoms with Crippen molar-refractivity contribution in [2.24, 2.45) is 11.8 Å². The van der Waals surface area contributed by atoms with Crippen molar-refractivity contribution in [2.75, 3.05) is 7.11 Å². The lowest BCUT2D eigenvalue weighted by molar-refractivity contribution is 0.0727. The van der Waals surface area contributed by atoms with Crippen molar-refractivity contribution >= 4 is 0 Å². The first-order chi connectivity index (χ1) is 9.15. The lowest BCUT2D eigenvalue weighted by atomic mass is 9.77. The fraction of sp³-hybridized carbons (Fsp3) is 0.625. The van der Waals surface area contributed by atoms with Gasteiger partial charge in [0.25, 0.3) is 0 Å². The molecule has 0 bridgehead atoms. The lowest BCUT2D eigenvalue weighted by Gasteiger charge is -2.31. The molecular formula is C16H23FO2. The van der Waals surface area contributed by atoms with Gasteiger partial charge in [-0.15, -0.1) is 0 Å². The Morgan fingerprint density at radius 3 is 2.58 bits per heavy atom. The molecule has 2 nitrogen and oxygen atoms in total. The molecule has 0 aliphatic heterocycles. The molecule has 1 unspecified atom stereocenters. The molecule has 2 rings (SSSR count). The van der Waals surface area contributed by atoms with Crippen LogP contribution in [0.3, 0.4) is 0 Å². The van der Waals surface area contributed by atoms with E-state index in [0.29, 0.717) is 0 Å². The Hall–Kier alpha value is -1.09. The van der Waals surface area contributed by atoms with E-state index >= 15 is 0 Å². The maximum absolute atomic E-state index is 13.4. The molecule has 1 saturated carbocycles. The quantitative estimate of drug-likeness (QED) is 0.889. The van der Waals surface area contributed by atoms with Gasteiger partial charge in [0.05, 0.1) is 13.2 Å². The van der Waals surface area contributed by atoms with Gasteiger partial charge in [-0.25, -0.2) is 4.39 Å². The fourth-order valence-electron chi connectivity index (χ4n) is 3.04. The van der Waals surface area contributed by atoms with Crippen molar-refractivity contribution in [1.82, 2.24) is 0 Å². The number of ether oxygens (including phenoxy) is 1. The van der Waals surface area contributed by atoms with Crippen LogP contribution >= 0.6 is 0 Å².